The zero-order valence-electron chi connectivity index (χ0n) is 10.2. The summed E-state index contributed by atoms with van der Waals surface area (Å²) in [6.45, 7) is 5.95. The maximum Gasteiger partial charge on any atom is 0.0652 e. The first-order valence-corrected chi connectivity index (χ1v) is 6.06. The molecule has 1 aromatic rings. The Morgan fingerprint density at radius 3 is 2.88 bits per heavy atom. The van der Waals surface area contributed by atoms with Gasteiger partial charge in [0.1, 0.15) is 0 Å². The van der Waals surface area contributed by atoms with Crippen molar-refractivity contribution in [1.82, 2.24) is 15.2 Å². The number of pyridine rings is 1. The van der Waals surface area contributed by atoms with Gasteiger partial charge in [0.25, 0.3) is 0 Å². The number of nitrogens with one attached hydrogen (secondary N) is 1. The Morgan fingerprint density at radius 2 is 2.24 bits per heavy atom. The quantitative estimate of drug-likeness (QED) is 0.849. The molecule has 4 nitrogen and oxygen atoms in total. The molecule has 90 valence electrons. The second-order valence-electron chi connectivity index (χ2n) is 4.37. The van der Waals surface area contributed by atoms with Crippen LogP contribution in [0.2, 0.25) is 0 Å². The van der Waals surface area contributed by atoms with Gasteiger partial charge < -0.3 is 5.32 Å². The van der Waals surface area contributed by atoms with E-state index in [1.165, 1.54) is 0 Å². The van der Waals surface area contributed by atoms with Crippen LogP contribution in [0.4, 0.5) is 0 Å². The van der Waals surface area contributed by atoms with Gasteiger partial charge in [0.15, 0.2) is 0 Å². The number of rotatable bonds is 3. The number of hydrogen-bond acceptors (Lipinski definition) is 4. The topological polar surface area (TPSA) is 52.0 Å². The highest BCUT2D eigenvalue weighted by molar-refractivity contribution is 5.15. The third kappa shape index (κ3) is 3.02. The maximum atomic E-state index is 8.98. The van der Waals surface area contributed by atoms with Gasteiger partial charge in [-0.05, 0) is 19.1 Å². The SMILES string of the molecule is Cc1cccc([C@H](CC#N)N2CCNCC2)n1. The lowest BCUT2D eigenvalue weighted by atomic mass is 10.1. The molecule has 17 heavy (non-hydrogen) atoms. The Bertz CT molecular complexity index is 404. The molecule has 0 amide bonds. The predicted molar refractivity (Wildman–Crippen MR) is 66.4 cm³/mol. The second kappa shape index (κ2) is 5.76. The molecule has 0 saturated carbocycles. The van der Waals surface area contributed by atoms with Crippen molar-refractivity contribution in [2.45, 2.75) is 19.4 Å². The Morgan fingerprint density at radius 1 is 1.47 bits per heavy atom. The molecule has 2 rings (SSSR count). The molecule has 1 fully saturated rings. The molecular formula is C13H18N4. The van der Waals surface area contributed by atoms with Crippen LogP contribution in [0.15, 0.2) is 18.2 Å². The first-order chi connectivity index (χ1) is 8.31. The number of hydrogen-bond donors (Lipinski definition) is 1. The van der Waals surface area contributed by atoms with Crippen LogP contribution in [-0.2, 0) is 0 Å². The molecule has 0 aliphatic carbocycles. The molecule has 1 aromatic heterocycles. The highest BCUT2D eigenvalue weighted by Gasteiger charge is 2.22. The molecule has 1 atom stereocenters. The van der Waals surface area contributed by atoms with Crippen LogP contribution >= 0.6 is 0 Å². The van der Waals surface area contributed by atoms with Gasteiger partial charge in [0, 0.05) is 31.9 Å². The van der Waals surface area contributed by atoms with E-state index in [2.05, 4.69) is 21.3 Å². The van der Waals surface area contributed by atoms with Crippen LogP contribution in [-0.4, -0.2) is 36.1 Å². The highest BCUT2D eigenvalue weighted by atomic mass is 15.2. The standard InChI is InChI=1S/C13H18N4/c1-11-3-2-4-12(16-11)13(5-6-14)17-9-7-15-8-10-17/h2-4,13,15H,5,7-10H2,1H3/t13-/m0/s1. The molecule has 1 N–H and O–H groups in total. The third-order valence-corrected chi connectivity index (χ3v) is 3.13. The van der Waals surface area contributed by atoms with Gasteiger partial charge >= 0.3 is 0 Å². The third-order valence-electron chi connectivity index (χ3n) is 3.13. The summed E-state index contributed by atoms with van der Waals surface area (Å²) in [5.41, 5.74) is 2.04. The van der Waals surface area contributed by atoms with Crippen molar-refractivity contribution in [1.29, 1.82) is 5.26 Å². The number of aryl methyl sites for hydroxylation is 1. The van der Waals surface area contributed by atoms with E-state index in [1.807, 2.05) is 25.1 Å². The molecule has 1 aliphatic rings. The van der Waals surface area contributed by atoms with Crippen molar-refractivity contribution in [2.24, 2.45) is 0 Å². The van der Waals surface area contributed by atoms with E-state index in [-0.39, 0.29) is 6.04 Å². The fourth-order valence-electron chi connectivity index (χ4n) is 2.25. The summed E-state index contributed by atoms with van der Waals surface area (Å²) in [5, 5.41) is 12.3. The fraction of sp³-hybridized carbons (Fsp3) is 0.538. The molecular weight excluding hydrogens is 212 g/mol. The summed E-state index contributed by atoms with van der Waals surface area (Å²) in [4.78, 5) is 6.90. The van der Waals surface area contributed by atoms with Crippen molar-refractivity contribution in [3.8, 4) is 6.07 Å². The fourth-order valence-corrected chi connectivity index (χ4v) is 2.25. The normalized spacial score (nSPS) is 18.6. The zero-order valence-corrected chi connectivity index (χ0v) is 10.2. The minimum Gasteiger partial charge on any atom is -0.314 e. The minimum absolute atomic E-state index is 0.141. The summed E-state index contributed by atoms with van der Waals surface area (Å²) in [6, 6.07) is 8.46. The van der Waals surface area contributed by atoms with Crippen molar-refractivity contribution in [3.05, 3.63) is 29.6 Å². The van der Waals surface area contributed by atoms with Crippen LogP contribution in [0.1, 0.15) is 23.9 Å². The molecule has 4 heteroatoms. The van der Waals surface area contributed by atoms with Crippen LogP contribution in [0.5, 0.6) is 0 Å². The van der Waals surface area contributed by atoms with E-state index in [1.54, 1.807) is 0 Å². The zero-order chi connectivity index (χ0) is 12.1. The molecule has 0 unspecified atom stereocenters. The van der Waals surface area contributed by atoms with Gasteiger partial charge in [0.2, 0.25) is 0 Å². The van der Waals surface area contributed by atoms with E-state index in [0.29, 0.717) is 6.42 Å². The number of nitrogens with zero attached hydrogens (tertiary/aromatic N) is 3. The van der Waals surface area contributed by atoms with Gasteiger partial charge in [0.05, 0.1) is 24.2 Å². The monoisotopic (exact) mass is 230 g/mol. The summed E-state index contributed by atoms with van der Waals surface area (Å²) in [5.74, 6) is 0. The first kappa shape index (κ1) is 12.0. The molecule has 0 radical (unpaired) electrons. The Balaban J connectivity index is 2.19. The summed E-state index contributed by atoms with van der Waals surface area (Å²) >= 11 is 0. The largest absolute Gasteiger partial charge is 0.314 e. The van der Waals surface area contributed by atoms with E-state index in [4.69, 9.17) is 5.26 Å². The molecule has 0 spiro atoms. The maximum absolute atomic E-state index is 8.98. The van der Waals surface area contributed by atoms with Crippen molar-refractivity contribution in [2.75, 3.05) is 26.2 Å². The number of piperazine rings is 1. The number of aromatic nitrogens is 1. The average Bonchev–Trinajstić information content (AvgIpc) is 2.37. The summed E-state index contributed by atoms with van der Waals surface area (Å²) in [6.07, 6.45) is 0.510. The van der Waals surface area contributed by atoms with E-state index in [0.717, 1.165) is 37.6 Å². The van der Waals surface area contributed by atoms with Crippen LogP contribution in [0, 0.1) is 18.3 Å². The lowest BCUT2D eigenvalue weighted by Crippen LogP contribution is -2.45. The van der Waals surface area contributed by atoms with Crippen molar-refractivity contribution >= 4 is 0 Å². The lowest BCUT2D eigenvalue weighted by molar-refractivity contribution is 0.172. The van der Waals surface area contributed by atoms with Gasteiger partial charge in [-0.3, -0.25) is 9.88 Å². The first-order valence-electron chi connectivity index (χ1n) is 6.06. The van der Waals surface area contributed by atoms with E-state index in [9.17, 15) is 0 Å². The van der Waals surface area contributed by atoms with Crippen LogP contribution < -0.4 is 5.32 Å². The molecule has 1 saturated heterocycles. The molecule has 2 heterocycles. The Hall–Kier alpha value is -1.44. The van der Waals surface area contributed by atoms with Gasteiger partial charge in [-0.1, -0.05) is 6.07 Å². The lowest BCUT2D eigenvalue weighted by Gasteiger charge is -2.33. The van der Waals surface area contributed by atoms with Crippen molar-refractivity contribution in [3.63, 3.8) is 0 Å². The van der Waals surface area contributed by atoms with Crippen molar-refractivity contribution < 1.29 is 0 Å². The molecule has 1 aliphatic heterocycles. The smallest absolute Gasteiger partial charge is 0.0652 e. The average molecular weight is 230 g/mol. The van der Waals surface area contributed by atoms with Gasteiger partial charge in [-0.15, -0.1) is 0 Å². The Labute approximate surface area is 102 Å². The Kier molecular flexibility index (Phi) is 4.08. The second-order valence-corrected chi connectivity index (χ2v) is 4.37. The molecule has 0 aromatic carbocycles. The van der Waals surface area contributed by atoms with E-state index < -0.39 is 0 Å². The summed E-state index contributed by atoms with van der Waals surface area (Å²) < 4.78 is 0. The van der Waals surface area contributed by atoms with Crippen LogP contribution in [0.25, 0.3) is 0 Å². The number of nitriles is 1. The minimum atomic E-state index is 0.141. The molecule has 0 bridgehead atoms. The highest BCUT2D eigenvalue weighted by Crippen LogP contribution is 2.22. The van der Waals surface area contributed by atoms with E-state index >= 15 is 0 Å². The van der Waals surface area contributed by atoms with Crippen LogP contribution in [0.3, 0.4) is 0 Å². The predicted octanol–water partition coefficient (Wildman–Crippen LogP) is 1.25. The summed E-state index contributed by atoms with van der Waals surface area (Å²) in [7, 11) is 0. The van der Waals surface area contributed by atoms with Gasteiger partial charge in [-0.2, -0.15) is 5.26 Å². The van der Waals surface area contributed by atoms with Gasteiger partial charge in [-0.25, -0.2) is 0 Å².